The van der Waals surface area contributed by atoms with E-state index in [-0.39, 0.29) is 11.7 Å². The van der Waals surface area contributed by atoms with Crippen LogP contribution in [0.5, 0.6) is 11.5 Å². The van der Waals surface area contributed by atoms with Crippen molar-refractivity contribution in [1.82, 2.24) is 0 Å². The molecule has 0 spiro atoms. The van der Waals surface area contributed by atoms with E-state index in [9.17, 15) is 9.90 Å². The fourth-order valence-electron chi connectivity index (χ4n) is 1.81. The highest BCUT2D eigenvalue weighted by atomic mass is 16.5. The molecule has 2 atom stereocenters. The van der Waals surface area contributed by atoms with Gasteiger partial charge >= 0.3 is 5.97 Å². The van der Waals surface area contributed by atoms with Crippen LogP contribution in [0.3, 0.4) is 0 Å². The molecule has 1 aromatic carbocycles. The molecule has 1 heterocycles. The maximum absolute atomic E-state index is 10.9. The summed E-state index contributed by atoms with van der Waals surface area (Å²) in [6, 6.07) is 4.79. The zero-order valence-corrected chi connectivity index (χ0v) is 8.30. The van der Waals surface area contributed by atoms with Gasteiger partial charge in [0, 0.05) is 17.5 Å². The van der Waals surface area contributed by atoms with Crippen molar-refractivity contribution in [3.63, 3.8) is 0 Å². The highest BCUT2D eigenvalue weighted by molar-refractivity contribution is 5.71. The van der Waals surface area contributed by atoms with Gasteiger partial charge in [-0.1, -0.05) is 13.0 Å². The molecule has 1 aromatic rings. The molecular formula is C11H12O4. The van der Waals surface area contributed by atoms with E-state index >= 15 is 0 Å². The van der Waals surface area contributed by atoms with Crippen molar-refractivity contribution in [2.75, 3.05) is 6.61 Å². The summed E-state index contributed by atoms with van der Waals surface area (Å²) < 4.78 is 5.34. The molecule has 0 saturated heterocycles. The van der Waals surface area contributed by atoms with Crippen LogP contribution in [-0.2, 0) is 4.79 Å². The number of hydrogen-bond donors (Lipinski definition) is 2. The Bertz CT molecular complexity index is 400. The summed E-state index contributed by atoms with van der Waals surface area (Å²) >= 11 is 0. The van der Waals surface area contributed by atoms with Crippen molar-refractivity contribution >= 4 is 5.97 Å². The zero-order chi connectivity index (χ0) is 11.0. The number of carboxylic acid groups (broad SMARTS) is 1. The molecule has 0 saturated carbocycles. The molecule has 0 fully saturated rings. The lowest BCUT2D eigenvalue weighted by molar-refractivity contribution is -0.142. The number of ether oxygens (including phenoxy) is 1. The molecule has 2 unspecified atom stereocenters. The molecule has 4 heteroatoms. The third-order valence-corrected chi connectivity index (χ3v) is 2.81. The van der Waals surface area contributed by atoms with Crippen molar-refractivity contribution in [3.8, 4) is 11.5 Å². The van der Waals surface area contributed by atoms with Crippen molar-refractivity contribution in [1.29, 1.82) is 0 Å². The predicted octanol–water partition coefficient (Wildman–Crippen LogP) is 1.59. The average molecular weight is 208 g/mol. The van der Waals surface area contributed by atoms with Gasteiger partial charge in [0.1, 0.15) is 11.5 Å². The first-order valence-corrected chi connectivity index (χ1v) is 4.78. The summed E-state index contributed by atoms with van der Waals surface area (Å²) in [4.78, 5) is 10.9. The molecule has 80 valence electrons. The lowest BCUT2D eigenvalue weighted by Crippen LogP contribution is -2.19. The topological polar surface area (TPSA) is 66.8 Å². The number of hydrogen-bond acceptors (Lipinski definition) is 3. The lowest BCUT2D eigenvalue weighted by atomic mass is 9.89. The Hall–Kier alpha value is -1.71. The van der Waals surface area contributed by atoms with Gasteiger partial charge in [0.15, 0.2) is 0 Å². The van der Waals surface area contributed by atoms with E-state index < -0.39 is 11.9 Å². The molecule has 0 aliphatic carbocycles. The number of carboxylic acids is 1. The average Bonchev–Trinajstić information content (AvgIpc) is 2.59. The molecule has 4 nitrogen and oxygen atoms in total. The summed E-state index contributed by atoms with van der Waals surface area (Å²) in [5.74, 6) is -0.705. The van der Waals surface area contributed by atoms with Crippen LogP contribution in [0, 0.1) is 5.92 Å². The largest absolute Gasteiger partial charge is 0.508 e. The van der Waals surface area contributed by atoms with Crippen LogP contribution in [0.25, 0.3) is 0 Å². The van der Waals surface area contributed by atoms with E-state index in [1.807, 2.05) is 0 Å². The molecule has 0 amide bonds. The minimum atomic E-state index is -0.829. The first-order chi connectivity index (χ1) is 7.09. The van der Waals surface area contributed by atoms with Gasteiger partial charge in [-0.15, -0.1) is 0 Å². The summed E-state index contributed by atoms with van der Waals surface area (Å²) in [6.45, 7) is 2.03. The van der Waals surface area contributed by atoms with Gasteiger partial charge in [-0.3, -0.25) is 4.79 Å². The molecule has 2 rings (SSSR count). The Kier molecular flexibility index (Phi) is 2.26. The van der Waals surface area contributed by atoms with Gasteiger partial charge in [-0.2, -0.15) is 0 Å². The Morgan fingerprint density at radius 3 is 3.00 bits per heavy atom. The number of phenols is 1. The van der Waals surface area contributed by atoms with Gasteiger partial charge in [0.05, 0.1) is 12.5 Å². The second-order valence-electron chi connectivity index (χ2n) is 3.77. The van der Waals surface area contributed by atoms with Crippen LogP contribution in [0.4, 0.5) is 0 Å². The van der Waals surface area contributed by atoms with Crippen molar-refractivity contribution in [2.24, 2.45) is 5.92 Å². The highest BCUT2D eigenvalue weighted by Gasteiger charge is 2.32. The zero-order valence-electron chi connectivity index (χ0n) is 8.30. The first kappa shape index (κ1) is 9.83. The molecule has 1 aliphatic heterocycles. The maximum atomic E-state index is 10.9. The van der Waals surface area contributed by atoms with Crippen LogP contribution in [0.15, 0.2) is 18.2 Å². The van der Waals surface area contributed by atoms with Crippen LogP contribution in [0.2, 0.25) is 0 Å². The van der Waals surface area contributed by atoms with Crippen LogP contribution in [0.1, 0.15) is 18.4 Å². The monoisotopic (exact) mass is 208 g/mol. The summed E-state index contributed by atoms with van der Waals surface area (Å²) in [6.07, 6.45) is 0. The number of carbonyl (C=O) groups is 1. The van der Waals surface area contributed by atoms with Crippen LogP contribution in [-0.4, -0.2) is 22.8 Å². The Balaban J connectivity index is 2.32. The number of benzene rings is 1. The van der Waals surface area contributed by atoms with Gasteiger partial charge in [0.2, 0.25) is 0 Å². The smallest absolute Gasteiger partial charge is 0.306 e. The van der Waals surface area contributed by atoms with E-state index in [2.05, 4.69) is 0 Å². The normalized spacial score (nSPS) is 20.5. The van der Waals surface area contributed by atoms with E-state index in [1.54, 1.807) is 19.1 Å². The summed E-state index contributed by atoms with van der Waals surface area (Å²) in [5.41, 5.74) is 0.864. The van der Waals surface area contributed by atoms with E-state index in [1.165, 1.54) is 6.07 Å². The molecule has 0 aromatic heterocycles. The summed E-state index contributed by atoms with van der Waals surface area (Å²) in [5, 5.41) is 18.2. The molecule has 1 aliphatic rings. The number of fused-ring (bicyclic) bond motifs is 1. The maximum Gasteiger partial charge on any atom is 0.306 e. The molecule has 15 heavy (non-hydrogen) atoms. The number of aromatic hydroxyl groups is 1. The second-order valence-corrected chi connectivity index (χ2v) is 3.77. The number of rotatable bonds is 2. The second kappa shape index (κ2) is 3.46. The number of phenolic OH excluding ortho intramolecular Hbond substituents is 1. The third-order valence-electron chi connectivity index (χ3n) is 2.81. The molecule has 0 bridgehead atoms. The Morgan fingerprint density at radius 1 is 1.60 bits per heavy atom. The van der Waals surface area contributed by atoms with Crippen molar-refractivity contribution < 1.29 is 19.7 Å². The first-order valence-electron chi connectivity index (χ1n) is 4.78. The molecular weight excluding hydrogens is 196 g/mol. The van der Waals surface area contributed by atoms with Crippen molar-refractivity contribution in [2.45, 2.75) is 12.8 Å². The van der Waals surface area contributed by atoms with Crippen molar-refractivity contribution in [3.05, 3.63) is 23.8 Å². The molecule has 0 radical (unpaired) electrons. The van der Waals surface area contributed by atoms with Gasteiger partial charge in [-0.25, -0.2) is 0 Å². The lowest BCUT2D eigenvalue weighted by Gasteiger charge is -2.13. The van der Waals surface area contributed by atoms with Crippen LogP contribution < -0.4 is 4.74 Å². The van der Waals surface area contributed by atoms with Gasteiger partial charge < -0.3 is 14.9 Å². The highest BCUT2D eigenvalue weighted by Crippen LogP contribution is 2.39. The third kappa shape index (κ3) is 1.63. The predicted molar refractivity (Wildman–Crippen MR) is 53.1 cm³/mol. The standard InChI is InChI=1S/C11H12O4/c1-6(11(13)14)9-5-15-10-4-7(12)2-3-8(9)10/h2-4,6,9,12H,5H2,1H3,(H,13,14). The van der Waals surface area contributed by atoms with E-state index in [0.29, 0.717) is 12.4 Å². The quantitative estimate of drug-likeness (QED) is 0.774. The minimum Gasteiger partial charge on any atom is -0.508 e. The fourth-order valence-corrected chi connectivity index (χ4v) is 1.81. The SMILES string of the molecule is CC(C(=O)O)C1COc2cc(O)ccc21. The fraction of sp³-hybridized carbons (Fsp3) is 0.364. The number of aliphatic carboxylic acids is 1. The van der Waals surface area contributed by atoms with Gasteiger partial charge in [-0.05, 0) is 6.07 Å². The van der Waals surface area contributed by atoms with E-state index in [4.69, 9.17) is 9.84 Å². The Labute approximate surface area is 87.1 Å². The minimum absolute atomic E-state index is 0.127. The van der Waals surface area contributed by atoms with Gasteiger partial charge in [0.25, 0.3) is 0 Å². The van der Waals surface area contributed by atoms with E-state index in [0.717, 1.165) is 5.56 Å². The summed E-state index contributed by atoms with van der Waals surface area (Å²) in [7, 11) is 0. The Morgan fingerprint density at radius 2 is 2.33 bits per heavy atom. The molecule has 2 N–H and O–H groups in total. The van der Waals surface area contributed by atoms with Crippen LogP contribution >= 0.6 is 0 Å².